The van der Waals surface area contributed by atoms with Crippen molar-refractivity contribution in [2.45, 2.75) is 13.8 Å². The first-order valence-electron chi connectivity index (χ1n) is 9.27. The van der Waals surface area contributed by atoms with Crippen molar-refractivity contribution in [3.8, 4) is 5.75 Å². The smallest absolute Gasteiger partial charge is 0.261 e. The number of hydrogen-bond acceptors (Lipinski definition) is 5. The maximum Gasteiger partial charge on any atom is 0.261 e. The molecule has 0 saturated carbocycles. The van der Waals surface area contributed by atoms with Crippen LogP contribution in [-0.4, -0.2) is 44.4 Å². The van der Waals surface area contributed by atoms with E-state index in [4.69, 9.17) is 21.7 Å². The molecule has 28 heavy (non-hydrogen) atoms. The Labute approximate surface area is 171 Å². The van der Waals surface area contributed by atoms with Gasteiger partial charge in [-0.25, -0.2) is 0 Å². The van der Waals surface area contributed by atoms with Crippen molar-refractivity contribution in [1.29, 1.82) is 0 Å². The van der Waals surface area contributed by atoms with Crippen LogP contribution in [-0.2, 0) is 4.74 Å². The number of nitrogens with zero attached hydrogens (tertiary/aromatic N) is 1. The van der Waals surface area contributed by atoms with E-state index in [1.165, 1.54) is 0 Å². The Bertz CT molecular complexity index is 777. The zero-order chi connectivity index (χ0) is 20.4. The molecule has 0 bridgehead atoms. The highest BCUT2D eigenvalue weighted by atomic mass is 32.1. The van der Waals surface area contributed by atoms with Crippen LogP contribution >= 0.6 is 12.2 Å². The van der Waals surface area contributed by atoms with E-state index in [9.17, 15) is 4.79 Å². The zero-order valence-corrected chi connectivity index (χ0v) is 17.3. The largest absolute Gasteiger partial charge is 0.490 e. The predicted octanol–water partition coefficient (Wildman–Crippen LogP) is 3.68. The van der Waals surface area contributed by atoms with Crippen LogP contribution in [0.3, 0.4) is 0 Å². The Morgan fingerprint density at radius 3 is 2.36 bits per heavy atom. The van der Waals surface area contributed by atoms with Gasteiger partial charge in [-0.15, -0.1) is 0 Å². The Balaban J connectivity index is 1.97. The van der Waals surface area contributed by atoms with Crippen LogP contribution in [0.5, 0.6) is 5.75 Å². The molecule has 1 amide bonds. The number of nitrogens with one attached hydrogen (secondary N) is 2. The summed E-state index contributed by atoms with van der Waals surface area (Å²) in [6.07, 6.45) is 0. The average Bonchev–Trinajstić information content (AvgIpc) is 2.70. The van der Waals surface area contributed by atoms with Gasteiger partial charge < -0.3 is 19.7 Å². The van der Waals surface area contributed by atoms with E-state index < -0.39 is 0 Å². The molecule has 7 heteroatoms. The summed E-state index contributed by atoms with van der Waals surface area (Å²) in [4.78, 5) is 14.8. The minimum absolute atomic E-state index is 0.229. The maximum absolute atomic E-state index is 12.6. The van der Waals surface area contributed by atoms with E-state index in [0.717, 1.165) is 24.5 Å². The number of amides is 1. The van der Waals surface area contributed by atoms with Gasteiger partial charge in [0, 0.05) is 31.6 Å². The van der Waals surface area contributed by atoms with Crippen molar-refractivity contribution in [2.24, 2.45) is 0 Å². The highest BCUT2D eigenvalue weighted by molar-refractivity contribution is 7.80. The SMILES string of the molecule is CCN(CC)c1ccc(NC(=S)NC(=O)c2ccccc2OCCOC)cc1. The van der Waals surface area contributed by atoms with Crippen molar-refractivity contribution in [3.05, 3.63) is 54.1 Å². The lowest BCUT2D eigenvalue weighted by Crippen LogP contribution is -2.34. The van der Waals surface area contributed by atoms with Gasteiger partial charge in [0.2, 0.25) is 0 Å². The summed E-state index contributed by atoms with van der Waals surface area (Å²) in [6, 6.07) is 15.0. The second-order valence-electron chi connectivity index (χ2n) is 5.96. The van der Waals surface area contributed by atoms with Gasteiger partial charge in [0.15, 0.2) is 5.11 Å². The second-order valence-corrected chi connectivity index (χ2v) is 6.37. The van der Waals surface area contributed by atoms with Crippen molar-refractivity contribution >= 4 is 34.6 Å². The molecule has 0 heterocycles. The van der Waals surface area contributed by atoms with Crippen molar-refractivity contribution in [1.82, 2.24) is 5.32 Å². The number of ether oxygens (including phenoxy) is 2. The number of hydrogen-bond donors (Lipinski definition) is 2. The van der Waals surface area contributed by atoms with Crippen LogP contribution in [0, 0.1) is 0 Å². The molecule has 150 valence electrons. The third kappa shape index (κ3) is 6.21. The minimum Gasteiger partial charge on any atom is -0.490 e. The van der Waals surface area contributed by atoms with E-state index in [-0.39, 0.29) is 11.0 Å². The van der Waals surface area contributed by atoms with E-state index in [1.807, 2.05) is 30.3 Å². The number of benzene rings is 2. The molecule has 2 N–H and O–H groups in total. The molecule has 0 spiro atoms. The summed E-state index contributed by atoms with van der Waals surface area (Å²) in [5, 5.41) is 5.96. The Morgan fingerprint density at radius 1 is 1.04 bits per heavy atom. The molecule has 0 aliphatic heterocycles. The monoisotopic (exact) mass is 401 g/mol. The number of rotatable bonds is 9. The van der Waals surface area contributed by atoms with Gasteiger partial charge in [-0.1, -0.05) is 12.1 Å². The van der Waals surface area contributed by atoms with Crippen LogP contribution in [0.1, 0.15) is 24.2 Å². The molecule has 0 radical (unpaired) electrons. The van der Waals surface area contributed by atoms with E-state index in [1.54, 1.807) is 25.3 Å². The van der Waals surface area contributed by atoms with Crippen LogP contribution in [0.4, 0.5) is 11.4 Å². The number of thiocarbonyl (C=S) groups is 1. The molecule has 0 aromatic heterocycles. The standard InChI is InChI=1S/C21H27N3O3S/c1-4-24(5-2)17-12-10-16(11-13-17)22-21(28)23-20(25)18-8-6-7-9-19(18)27-15-14-26-3/h6-13H,4-5,14-15H2,1-3H3,(H2,22,23,25,28). The highest BCUT2D eigenvalue weighted by Gasteiger charge is 2.13. The maximum atomic E-state index is 12.6. The molecule has 0 fully saturated rings. The molecule has 0 aliphatic carbocycles. The fourth-order valence-electron chi connectivity index (χ4n) is 2.69. The number of para-hydroxylation sites is 1. The summed E-state index contributed by atoms with van der Waals surface area (Å²) in [5.74, 6) is 0.161. The minimum atomic E-state index is -0.328. The quantitative estimate of drug-likeness (QED) is 0.494. The normalized spacial score (nSPS) is 10.2. The first kappa shape index (κ1) is 21.7. The molecule has 0 unspecified atom stereocenters. The van der Waals surface area contributed by atoms with E-state index >= 15 is 0 Å². The highest BCUT2D eigenvalue weighted by Crippen LogP contribution is 2.19. The van der Waals surface area contributed by atoms with E-state index in [0.29, 0.717) is 24.5 Å². The van der Waals surface area contributed by atoms with Crippen LogP contribution in [0.25, 0.3) is 0 Å². The molecule has 0 aliphatic rings. The lowest BCUT2D eigenvalue weighted by atomic mass is 10.2. The number of anilines is 2. The third-order valence-electron chi connectivity index (χ3n) is 4.16. The summed E-state index contributed by atoms with van der Waals surface area (Å²) in [7, 11) is 1.60. The Kier molecular flexibility index (Phi) is 8.71. The molecular formula is C21H27N3O3S. The van der Waals surface area contributed by atoms with Gasteiger partial charge in [-0.2, -0.15) is 0 Å². The summed E-state index contributed by atoms with van der Waals surface area (Å²) >= 11 is 5.28. The summed E-state index contributed by atoms with van der Waals surface area (Å²) < 4.78 is 10.6. The predicted molar refractivity (Wildman–Crippen MR) is 118 cm³/mol. The zero-order valence-electron chi connectivity index (χ0n) is 16.5. The fourth-order valence-corrected chi connectivity index (χ4v) is 2.90. The van der Waals surface area contributed by atoms with Gasteiger partial charge in [-0.05, 0) is 62.5 Å². The van der Waals surface area contributed by atoms with Gasteiger partial charge in [0.05, 0.1) is 12.2 Å². The van der Waals surface area contributed by atoms with Gasteiger partial charge >= 0.3 is 0 Å². The molecule has 2 aromatic rings. The second kappa shape index (κ2) is 11.3. The van der Waals surface area contributed by atoms with Gasteiger partial charge in [0.25, 0.3) is 5.91 Å². The molecule has 2 rings (SSSR count). The summed E-state index contributed by atoms with van der Waals surface area (Å²) in [5.41, 5.74) is 2.37. The molecule has 0 saturated heterocycles. The van der Waals surface area contributed by atoms with Crippen LogP contribution in [0.15, 0.2) is 48.5 Å². The fraction of sp³-hybridized carbons (Fsp3) is 0.333. The number of methoxy groups -OCH3 is 1. The van der Waals surface area contributed by atoms with Crippen molar-refractivity contribution < 1.29 is 14.3 Å². The number of carbonyl (C=O) groups is 1. The third-order valence-corrected chi connectivity index (χ3v) is 4.36. The topological polar surface area (TPSA) is 62.8 Å². The van der Waals surface area contributed by atoms with Gasteiger partial charge in [-0.3, -0.25) is 10.1 Å². The molecule has 6 nitrogen and oxygen atoms in total. The van der Waals surface area contributed by atoms with Crippen molar-refractivity contribution in [3.63, 3.8) is 0 Å². The lowest BCUT2D eigenvalue weighted by Gasteiger charge is -2.21. The Morgan fingerprint density at radius 2 is 1.71 bits per heavy atom. The average molecular weight is 402 g/mol. The lowest BCUT2D eigenvalue weighted by molar-refractivity contribution is 0.0970. The Hall–Kier alpha value is -2.64. The van der Waals surface area contributed by atoms with Crippen LogP contribution < -0.4 is 20.3 Å². The molecular weight excluding hydrogens is 374 g/mol. The first-order chi connectivity index (χ1) is 13.6. The van der Waals surface area contributed by atoms with Crippen LogP contribution in [0.2, 0.25) is 0 Å². The van der Waals surface area contributed by atoms with Crippen molar-refractivity contribution in [2.75, 3.05) is 43.6 Å². The summed E-state index contributed by atoms with van der Waals surface area (Å²) in [6.45, 7) is 6.95. The van der Waals surface area contributed by atoms with Gasteiger partial charge in [0.1, 0.15) is 12.4 Å². The number of carbonyl (C=O) groups excluding carboxylic acids is 1. The first-order valence-corrected chi connectivity index (χ1v) is 9.68. The molecule has 0 atom stereocenters. The van der Waals surface area contributed by atoms with E-state index in [2.05, 4.69) is 29.4 Å². The molecule has 2 aromatic carbocycles.